The monoisotopic (exact) mass is 265 g/mol. The molecule has 0 aliphatic heterocycles. The molecule has 106 valence electrons. The Kier molecular flexibility index (Phi) is 5.05. The third-order valence-electron chi connectivity index (χ3n) is 3.76. The summed E-state index contributed by atoms with van der Waals surface area (Å²) in [5.74, 6) is 1.56. The van der Waals surface area contributed by atoms with Crippen molar-refractivity contribution in [2.24, 2.45) is 0 Å². The molecule has 0 bridgehead atoms. The van der Waals surface area contributed by atoms with Gasteiger partial charge in [-0.25, -0.2) is 0 Å². The number of ether oxygens (including phenoxy) is 2. The van der Waals surface area contributed by atoms with Crippen molar-refractivity contribution < 1.29 is 14.6 Å². The molecule has 0 heterocycles. The molecule has 19 heavy (non-hydrogen) atoms. The number of nitrogens with one attached hydrogen (secondary N) is 1. The normalized spacial score (nSPS) is 23.1. The van der Waals surface area contributed by atoms with Crippen LogP contribution in [0.3, 0.4) is 0 Å². The smallest absolute Gasteiger partial charge is 0.165 e. The van der Waals surface area contributed by atoms with Gasteiger partial charge in [-0.2, -0.15) is 0 Å². The lowest BCUT2D eigenvalue weighted by Gasteiger charge is -2.26. The fourth-order valence-electron chi connectivity index (χ4n) is 2.63. The second-order valence-electron chi connectivity index (χ2n) is 5.04. The highest BCUT2D eigenvalue weighted by Gasteiger charge is 2.19. The molecule has 4 heteroatoms. The van der Waals surface area contributed by atoms with E-state index in [1.54, 1.807) is 14.2 Å². The van der Waals surface area contributed by atoms with E-state index in [2.05, 4.69) is 5.32 Å². The summed E-state index contributed by atoms with van der Waals surface area (Å²) >= 11 is 0. The minimum absolute atomic E-state index is 0.107. The molecule has 1 aromatic rings. The Bertz CT molecular complexity index is 400. The van der Waals surface area contributed by atoms with Gasteiger partial charge in [0, 0.05) is 18.2 Å². The number of hydrogen-bond acceptors (Lipinski definition) is 4. The van der Waals surface area contributed by atoms with Crippen LogP contribution < -0.4 is 14.8 Å². The van der Waals surface area contributed by atoms with Crippen molar-refractivity contribution >= 4 is 0 Å². The second-order valence-corrected chi connectivity index (χ2v) is 5.04. The van der Waals surface area contributed by atoms with Crippen molar-refractivity contribution in [3.05, 3.63) is 23.8 Å². The molecule has 0 radical (unpaired) electrons. The molecule has 1 aromatic carbocycles. The van der Waals surface area contributed by atoms with Crippen molar-refractivity contribution in [1.29, 1.82) is 0 Å². The SMILES string of the molecule is COc1cccc(CNC2CCC(O)CC2)c1OC. The highest BCUT2D eigenvalue weighted by molar-refractivity contribution is 5.46. The fraction of sp³-hybridized carbons (Fsp3) is 0.600. The van der Waals surface area contributed by atoms with Gasteiger partial charge in [-0.3, -0.25) is 0 Å². The summed E-state index contributed by atoms with van der Waals surface area (Å²) in [5.41, 5.74) is 1.10. The van der Waals surface area contributed by atoms with E-state index in [-0.39, 0.29) is 6.10 Å². The Hall–Kier alpha value is -1.26. The van der Waals surface area contributed by atoms with Crippen LogP contribution in [0, 0.1) is 0 Å². The van der Waals surface area contributed by atoms with Gasteiger partial charge in [0.25, 0.3) is 0 Å². The number of hydrogen-bond donors (Lipinski definition) is 2. The van der Waals surface area contributed by atoms with E-state index >= 15 is 0 Å². The van der Waals surface area contributed by atoms with Crippen LogP contribution in [-0.2, 0) is 6.54 Å². The van der Waals surface area contributed by atoms with Gasteiger partial charge in [-0.1, -0.05) is 12.1 Å². The molecule has 1 aliphatic rings. The lowest BCUT2D eigenvalue weighted by Crippen LogP contribution is -2.34. The molecule has 1 saturated carbocycles. The zero-order valence-corrected chi connectivity index (χ0v) is 11.7. The van der Waals surface area contributed by atoms with Crippen LogP contribution in [0.5, 0.6) is 11.5 Å². The number of benzene rings is 1. The number of rotatable bonds is 5. The maximum Gasteiger partial charge on any atom is 0.165 e. The van der Waals surface area contributed by atoms with Crippen molar-refractivity contribution in [1.82, 2.24) is 5.32 Å². The van der Waals surface area contributed by atoms with Crippen molar-refractivity contribution in [2.75, 3.05) is 14.2 Å². The average Bonchev–Trinajstić information content (AvgIpc) is 2.46. The molecular formula is C15H23NO3. The Morgan fingerprint density at radius 3 is 2.53 bits per heavy atom. The molecule has 2 N–H and O–H groups in total. The van der Waals surface area contributed by atoms with Gasteiger partial charge >= 0.3 is 0 Å². The Morgan fingerprint density at radius 2 is 1.89 bits per heavy atom. The van der Waals surface area contributed by atoms with E-state index in [9.17, 15) is 5.11 Å². The van der Waals surface area contributed by atoms with E-state index in [4.69, 9.17) is 9.47 Å². The topological polar surface area (TPSA) is 50.7 Å². The summed E-state index contributed by atoms with van der Waals surface area (Å²) in [6.45, 7) is 0.765. The molecule has 0 amide bonds. The molecule has 1 aliphatic carbocycles. The van der Waals surface area contributed by atoms with E-state index in [1.165, 1.54) is 0 Å². The molecule has 1 fully saturated rings. The number of methoxy groups -OCH3 is 2. The number of aliphatic hydroxyl groups excluding tert-OH is 1. The van der Waals surface area contributed by atoms with Gasteiger partial charge in [0.05, 0.1) is 20.3 Å². The van der Waals surface area contributed by atoms with Crippen molar-refractivity contribution in [3.63, 3.8) is 0 Å². The minimum atomic E-state index is -0.107. The molecule has 0 unspecified atom stereocenters. The molecular weight excluding hydrogens is 242 g/mol. The molecule has 2 rings (SSSR count). The van der Waals surface area contributed by atoms with E-state index in [0.717, 1.165) is 49.3 Å². The largest absolute Gasteiger partial charge is 0.493 e. The first-order chi connectivity index (χ1) is 9.24. The Morgan fingerprint density at radius 1 is 1.16 bits per heavy atom. The maximum absolute atomic E-state index is 9.50. The molecule has 0 aromatic heterocycles. The predicted octanol–water partition coefficient (Wildman–Crippen LogP) is 2.10. The van der Waals surface area contributed by atoms with Gasteiger partial charge < -0.3 is 19.9 Å². The summed E-state index contributed by atoms with van der Waals surface area (Å²) < 4.78 is 10.7. The van der Waals surface area contributed by atoms with Gasteiger partial charge in [0.2, 0.25) is 0 Å². The van der Waals surface area contributed by atoms with Crippen LogP contribution in [0.1, 0.15) is 31.2 Å². The lowest BCUT2D eigenvalue weighted by atomic mass is 9.93. The van der Waals surface area contributed by atoms with Crippen LogP contribution >= 0.6 is 0 Å². The number of para-hydroxylation sites is 1. The summed E-state index contributed by atoms with van der Waals surface area (Å²) in [7, 11) is 3.32. The lowest BCUT2D eigenvalue weighted by molar-refractivity contribution is 0.116. The van der Waals surface area contributed by atoms with Gasteiger partial charge in [0.15, 0.2) is 11.5 Å². The Balaban J connectivity index is 1.95. The van der Waals surface area contributed by atoms with Crippen molar-refractivity contribution in [3.8, 4) is 11.5 Å². The second kappa shape index (κ2) is 6.78. The number of aliphatic hydroxyl groups is 1. The van der Waals surface area contributed by atoms with Gasteiger partial charge in [0.1, 0.15) is 0 Å². The maximum atomic E-state index is 9.50. The summed E-state index contributed by atoms with van der Waals surface area (Å²) in [5, 5.41) is 13.0. The van der Waals surface area contributed by atoms with Crippen LogP contribution in [-0.4, -0.2) is 31.5 Å². The van der Waals surface area contributed by atoms with Gasteiger partial charge in [-0.15, -0.1) is 0 Å². The zero-order chi connectivity index (χ0) is 13.7. The fourth-order valence-corrected chi connectivity index (χ4v) is 2.63. The Labute approximate surface area is 114 Å². The highest BCUT2D eigenvalue weighted by Crippen LogP contribution is 2.30. The van der Waals surface area contributed by atoms with Crippen LogP contribution in [0.4, 0.5) is 0 Å². The summed E-state index contributed by atoms with van der Waals surface area (Å²) in [6.07, 6.45) is 3.75. The first-order valence-corrected chi connectivity index (χ1v) is 6.86. The predicted molar refractivity (Wildman–Crippen MR) is 74.6 cm³/mol. The zero-order valence-electron chi connectivity index (χ0n) is 11.7. The molecule has 0 atom stereocenters. The van der Waals surface area contributed by atoms with Crippen LogP contribution in [0.25, 0.3) is 0 Å². The van der Waals surface area contributed by atoms with Gasteiger partial charge in [-0.05, 0) is 31.7 Å². The summed E-state index contributed by atoms with van der Waals surface area (Å²) in [6, 6.07) is 6.41. The van der Waals surface area contributed by atoms with E-state index in [0.29, 0.717) is 6.04 Å². The quantitative estimate of drug-likeness (QED) is 0.856. The summed E-state index contributed by atoms with van der Waals surface area (Å²) in [4.78, 5) is 0. The van der Waals surface area contributed by atoms with E-state index in [1.807, 2.05) is 18.2 Å². The molecule has 0 saturated heterocycles. The first-order valence-electron chi connectivity index (χ1n) is 6.86. The van der Waals surface area contributed by atoms with Crippen LogP contribution in [0.2, 0.25) is 0 Å². The minimum Gasteiger partial charge on any atom is -0.493 e. The first kappa shape index (κ1) is 14.2. The van der Waals surface area contributed by atoms with E-state index < -0.39 is 0 Å². The molecule has 4 nitrogen and oxygen atoms in total. The van der Waals surface area contributed by atoms with Crippen LogP contribution in [0.15, 0.2) is 18.2 Å². The third kappa shape index (κ3) is 3.61. The third-order valence-corrected chi connectivity index (χ3v) is 3.76. The average molecular weight is 265 g/mol. The highest BCUT2D eigenvalue weighted by atomic mass is 16.5. The standard InChI is InChI=1S/C15H23NO3/c1-18-14-5-3-4-11(15(14)19-2)10-16-12-6-8-13(17)9-7-12/h3-5,12-13,16-17H,6-10H2,1-2H3. The molecule has 0 spiro atoms. The van der Waals surface area contributed by atoms with Crippen molar-refractivity contribution in [2.45, 2.75) is 44.4 Å².